The number of carbonyl (C=O) groups excluding carboxylic acids is 1. The Morgan fingerprint density at radius 2 is 2.00 bits per heavy atom. The highest BCUT2D eigenvalue weighted by Crippen LogP contribution is 2.15. The van der Waals surface area contributed by atoms with Crippen molar-refractivity contribution >= 4 is 12.0 Å². The lowest BCUT2D eigenvalue weighted by molar-refractivity contribution is -0.136. The van der Waals surface area contributed by atoms with Gasteiger partial charge in [0.15, 0.2) is 0 Å². The van der Waals surface area contributed by atoms with Crippen LogP contribution in [-0.4, -0.2) is 42.4 Å². The molecule has 0 bridgehead atoms. The van der Waals surface area contributed by atoms with Gasteiger partial charge in [0.25, 0.3) is 0 Å². The number of ether oxygens (including phenoxy) is 1. The molecule has 0 rings (SSSR count). The summed E-state index contributed by atoms with van der Waals surface area (Å²) >= 11 is 0. The fourth-order valence-electron chi connectivity index (χ4n) is 1.43. The maximum atomic E-state index is 11.4. The van der Waals surface area contributed by atoms with E-state index in [9.17, 15) is 9.59 Å². The number of carboxylic acids is 1. The van der Waals surface area contributed by atoms with Crippen LogP contribution in [0.3, 0.4) is 0 Å². The molecule has 0 aliphatic heterocycles. The van der Waals surface area contributed by atoms with Gasteiger partial charge in [-0.3, -0.25) is 4.79 Å². The lowest BCUT2D eigenvalue weighted by Gasteiger charge is -2.27. The van der Waals surface area contributed by atoms with Crippen molar-refractivity contribution in [1.82, 2.24) is 10.6 Å². The summed E-state index contributed by atoms with van der Waals surface area (Å²) in [5.41, 5.74) is -0.298. The molecule has 0 fully saturated rings. The number of nitrogens with one attached hydrogen (secondary N) is 2. The van der Waals surface area contributed by atoms with E-state index >= 15 is 0 Å². The first-order valence-electron chi connectivity index (χ1n) is 5.58. The molecule has 0 aromatic carbocycles. The van der Waals surface area contributed by atoms with Gasteiger partial charge in [-0.15, -0.1) is 0 Å². The Morgan fingerprint density at radius 3 is 2.47 bits per heavy atom. The fraction of sp³-hybridized carbons (Fsp3) is 0.818. The minimum atomic E-state index is -0.932. The highest BCUT2D eigenvalue weighted by atomic mass is 16.5. The topological polar surface area (TPSA) is 87.7 Å². The molecule has 0 aliphatic carbocycles. The Balaban J connectivity index is 3.84. The first-order chi connectivity index (χ1) is 7.76. The summed E-state index contributed by atoms with van der Waals surface area (Å²) in [5.74, 6) is -0.932. The number of amides is 2. The number of carboxylic acid groups (broad SMARTS) is 1. The maximum absolute atomic E-state index is 11.4. The smallest absolute Gasteiger partial charge is 0.315 e. The molecular weight excluding hydrogens is 224 g/mol. The molecule has 3 N–H and O–H groups in total. The van der Waals surface area contributed by atoms with E-state index in [4.69, 9.17) is 9.84 Å². The van der Waals surface area contributed by atoms with Crippen molar-refractivity contribution in [2.24, 2.45) is 0 Å². The van der Waals surface area contributed by atoms with E-state index in [-0.39, 0.29) is 30.6 Å². The van der Waals surface area contributed by atoms with Gasteiger partial charge in [0.05, 0.1) is 12.0 Å². The highest BCUT2D eigenvalue weighted by molar-refractivity contribution is 5.75. The lowest BCUT2D eigenvalue weighted by Crippen LogP contribution is -2.44. The van der Waals surface area contributed by atoms with Crippen molar-refractivity contribution in [3.63, 3.8) is 0 Å². The zero-order valence-corrected chi connectivity index (χ0v) is 10.9. The van der Waals surface area contributed by atoms with Crippen LogP contribution in [0, 0.1) is 0 Å². The van der Waals surface area contributed by atoms with Crippen LogP contribution in [0.2, 0.25) is 0 Å². The molecule has 17 heavy (non-hydrogen) atoms. The molecular formula is C11H22N2O4. The van der Waals surface area contributed by atoms with Crippen LogP contribution in [0.5, 0.6) is 0 Å². The van der Waals surface area contributed by atoms with Crippen molar-refractivity contribution in [3.05, 3.63) is 0 Å². The van der Waals surface area contributed by atoms with Gasteiger partial charge >= 0.3 is 12.0 Å². The quantitative estimate of drug-likeness (QED) is 0.624. The number of urea groups is 1. The van der Waals surface area contributed by atoms with Crippen molar-refractivity contribution < 1.29 is 19.4 Å². The zero-order valence-electron chi connectivity index (χ0n) is 10.9. The van der Waals surface area contributed by atoms with E-state index in [1.807, 2.05) is 20.8 Å². The van der Waals surface area contributed by atoms with Gasteiger partial charge in [0.1, 0.15) is 0 Å². The fourth-order valence-corrected chi connectivity index (χ4v) is 1.43. The number of rotatable bonds is 7. The molecule has 0 aliphatic rings. The van der Waals surface area contributed by atoms with E-state index in [0.717, 1.165) is 0 Å². The average molecular weight is 246 g/mol. The second-order valence-corrected chi connectivity index (χ2v) is 4.61. The number of methoxy groups -OCH3 is 1. The Labute approximate surface area is 102 Å². The molecule has 6 heteroatoms. The molecule has 1 atom stereocenters. The predicted octanol–water partition coefficient (Wildman–Crippen LogP) is 0.964. The van der Waals surface area contributed by atoms with Crippen molar-refractivity contribution in [1.29, 1.82) is 0 Å². The Kier molecular flexibility index (Phi) is 6.57. The largest absolute Gasteiger partial charge is 0.481 e. The van der Waals surface area contributed by atoms with Crippen LogP contribution in [0.1, 0.15) is 33.6 Å². The monoisotopic (exact) mass is 246 g/mol. The molecule has 0 saturated carbocycles. The SMILES string of the molecule is COC(C)(C)CC(C)NC(=O)NCCC(=O)O. The first kappa shape index (κ1) is 15.7. The van der Waals surface area contributed by atoms with Gasteiger partial charge < -0.3 is 20.5 Å². The van der Waals surface area contributed by atoms with Gasteiger partial charge in [0.2, 0.25) is 0 Å². The van der Waals surface area contributed by atoms with Crippen molar-refractivity contribution in [3.8, 4) is 0 Å². The summed E-state index contributed by atoms with van der Waals surface area (Å²) in [6, 6.07) is -0.402. The van der Waals surface area contributed by atoms with Crippen LogP contribution in [0.15, 0.2) is 0 Å². The van der Waals surface area contributed by atoms with E-state index < -0.39 is 5.97 Å². The van der Waals surface area contributed by atoms with Crippen LogP contribution in [0.25, 0.3) is 0 Å². The van der Waals surface area contributed by atoms with Crippen molar-refractivity contribution in [2.75, 3.05) is 13.7 Å². The predicted molar refractivity (Wildman–Crippen MR) is 64.0 cm³/mol. The van der Waals surface area contributed by atoms with Gasteiger partial charge in [-0.05, 0) is 27.2 Å². The van der Waals surface area contributed by atoms with Gasteiger partial charge in [-0.25, -0.2) is 4.79 Å². The van der Waals surface area contributed by atoms with Gasteiger partial charge in [0, 0.05) is 19.7 Å². The highest BCUT2D eigenvalue weighted by Gasteiger charge is 2.21. The molecule has 2 amide bonds. The molecule has 1 unspecified atom stereocenters. The summed E-state index contributed by atoms with van der Waals surface area (Å²) < 4.78 is 5.25. The summed E-state index contributed by atoms with van der Waals surface area (Å²) in [5, 5.41) is 13.6. The Morgan fingerprint density at radius 1 is 1.41 bits per heavy atom. The number of aliphatic carboxylic acids is 1. The minimum Gasteiger partial charge on any atom is -0.481 e. The third-order valence-corrected chi connectivity index (χ3v) is 2.35. The second kappa shape index (κ2) is 7.11. The number of hydrogen-bond acceptors (Lipinski definition) is 3. The normalized spacial score (nSPS) is 12.9. The third kappa shape index (κ3) is 8.50. The standard InChI is InChI=1S/C11H22N2O4/c1-8(7-11(2,3)17-4)13-10(16)12-6-5-9(14)15/h8H,5-7H2,1-4H3,(H,14,15)(H2,12,13,16). The molecule has 0 heterocycles. The summed E-state index contributed by atoms with van der Waals surface area (Å²) in [4.78, 5) is 21.6. The second-order valence-electron chi connectivity index (χ2n) is 4.61. The minimum absolute atomic E-state index is 0.0465. The molecule has 0 radical (unpaired) electrons. The molecule has 0 aromatic rings. The van der Waals surface area contributed by atoms with E-state index in [2.05, 4.69) is 10.6 Å². The van der Waals surface area contributed by atoms with Crippen molar-refractivity contribution in [2.45, 2.75) is 45.3 Å². The first-order valence-corrected chi connectivity index (χ1v) is 5.58. The summed E-state index contributed by atoms with van der Waals surface area (Å²) in [6.07, 6.45) is 0.598. The third-order valence-electron chi connectivity index (χ3n) is 2.35. The number of hydrogen-bond donors (Lipinski definition) is 3. The lowest BCUT2D eigenvalue weighted by atomic mass is 10.00. The Hall–Kier alpha value is -1.30. The summed E-state index contributed by atoms with van der Waals surface area (Å²) in [6.45, 7) is 5.88. The van der Waals surface area contributed by atoms with Crippen LogP contribution in [0.4, 0.5) is 4.79 Å². The van der Waals surface area contributed by atoms with E-state index in [1.165, 1.54) is 0 Å². The molecule has 100 valence electrons. The molecule has 6 nitrogen and oxygen atoms in total. The van der Waals surface area contributed by atoms with Gasteiger partial charge in [-0.2, -0.15) is 0 Å². The van der Waals surface area contributed by atoms with Crippen LogP contribution < -0.4 is 10.6 Å². The van der Waals surface area contributed by atoms with E-state index in [0.29, 0.717) is 6.42 Å². The van der Waals surface area contributed by atoms with E-state index in [1.54, 1.807) is 7.11 Å². The van der Waals surface area contributed by atoms with Crippen LogP contribution >= 0.6 is 0 Å². The maximum Gasteiger partial charge on any atom is 0.315 e. The zero-order chi connectivity index (χ0) is 13.5. The molecule has 0 aromatic heterocycles. The van der Waals surface area contributed by atoms with Crippen LogP contribution in [-0.2, 0) is 9.53 Å². The van der Waals surface area contributed by atoms with Gasteiger partial charge in [-0.1, -0.05) is 0 Å². The summed E-state index contributed by atoms with van der Waals surface area (Å²) in [7, 11) is 1.62. The molecule has 0 spiro atoms. The number of carbonyl (C=O) groups is 2. The molecule has 0 saturated heterocycles. The average Bonchev–Trinajstić information content (AvgIpc) is 2.15. The Bertz CT molecular complexity index is 266.